The van der Waals surface area contributed by atoms with Gasteiger partial charge in [0.2, 0.25) is 0 Å². The van der Waals surface area contributed by atoms with Crippen LogP contribution < -0.4 is 0 Å². The molecule has 0 saturated carbocycles. The average Bonchev–Trinajstić information content (AvgIpc) is 3.49. The Morgan fingerprint density at radius 1 is 0.778 bits per heavy atom. The molecule has 36 heavy (non-hydrogen) atoms. The Hall–Kier alpha value is -3.49. The fourth-order valence-electron chi connectivity index (χ4n) is 6.16. The molecule has 0 amide bonds. The fraction of sp³-hybridized carbons (Fsp3) is 0.206. The first-order chi connectivity index (χ1) is 17.5. The highest BCUT2D eigenvalue weighted by molar-refractivity contribution is 7.26. The van der Waals surface area contributed by atoms with E-state index >= 15 is 0 Å². The van der Waals surface area contributed by atoms with Crippen LogP contribution in [0.15, 0.2) is 91.1 Å². The van der Waals surface area contributed by atoms with Crippen LogP contribution in [0.25, 0.3) is 42.2 Å². The van der Waals surface area contributed by atoms with Crippen molar-refractivity contribution in [3.05, 3.63) is 113 Å². The van der Waals surface area contributed by atoms with Crippen molar-refractivity contribution in [3.8, 4) is 11.3 Å². The molecular formula is C34H29NS. The van der Waals surface area contributed by atoms with Crippen LogP contribution in [0.2, 0.25) is 0 Å². The van der Waals surface area contributed by atoms with E-state index in [-0.39, 0.29) is 5.41 Å². The molecule has 0 fully saturated rings. The zero-order valence-corrected chi connectivity index (χ0v) is 21.8. The van der Waals surface area contributed by atoms with Gasteiger partial charge in [-0.05, 0) is 69.5 Å². The molecule has 1 aliphatic carbocycles. The number of pyridine rings is 1. The third-order valence-electron chi connectivity index (χ3n) is 7.88. The van der Waals surface area contributed by atoms with Gasteiger partial charge in [0.15, 0.2) is 0 Å². The molecule has 0 N–H and O–H groups in total. The predicted octanol–water partition coefficient (Wildman–Crippen LogP) is 9.65. The lowest BCUT2D eigenvalue weighted by molar-refractivity contribution is 0.596. The van der Waals surface area contributed by atoms with Gasteiger partial charge in [-0.1, -0.05) is 87.5 Å². The smallest absolute Gasteiger partial charge is 0.0880 e. The second-order valence-corrected chi connectivity index (χ2v) is 12.2. The summed E-state index contributed by atoms with van der Waals surface area (Å²) in [4.78, 5) is 4.98. The monoisotopic (exact) mass is 483 g/mol. The van der Waals surface area contributed by atoms with Gasteiger partial charge in [-0.25, -0.2) is 0 Å². The number of hydrogen-bond acceptors (Lipinski definition) is 2. The van der Waals surface area contributed by atoms with Crippen molar-refractivity contribution in [2.24, 2.45) is 0 Å². The van der Waals surface area contributed by atoms with E-state index in [2.05, 4.69) is 106 Å². The largest absolute Gasteiger partial charge is 0.255 e. The van der Waals surface area contributed by atoms with Crippen LogP contribution in [0.5, 0.6) is 0 Å². The van der Waals surface area contributed by atoms with Gasteiger partial charge in [0, 0.05) is 33.2 Å². The zero-order valence-electron chi connectivity index (χ0n) is 21.0. The standard InChI is InChI=1S/C34H29NS/c1-34(2,3)29-20-24(19-23-11-7-8-12-25(23)29)31-33-28(17-18-35-31)27-16-14-22-13-15-26(30(22)32(27)36-33)21-9-5-4-6-10-21/h4-12,14,16-20,26H,13,15H2,1-3H3. The van der Waals surface area contributed by atoms with Crippen molar-refractivity contribution in [2.45, 2.75) is 44.9 Å². The van der Waals surface area contributed by atoms with Crippen molar-refractivity contribution in [2.75, 3.05) is 0 Å². The molecule has 1 unspecified atom stereocenters. The number of aromatic nitrogens is 1. The summed E-state index contributed by atoms with van der Waals surface area (Å²) in [5.41, 5.74) is 8.23. The van der Waals surface area contributed by atoms with E-state index in [1.807, 2.05) is 17.5 Å². The Kier molecular flexibility index (Phi) is 4.84. The lowest BCUT2D eigenvalue weighted by Crippen LogP contribution is -2.12. The molecule has 1 nitrogen and oxygen atoms in total. The predicted molar refractivity (Wildman–Crippen MR) is 155 cm³/mol. The summed E-state index contributed by atoms with van der Waals surface area (Å²) in [5.74, 6) is 0.475. The van der Waals surface area contributed by atoms with Crippen LogP contribution >= 0.6 is 11.3 Å². The van der Waals surface area contributed by atoms with E-state index in [1.54, 1.807) is 5.56 Å². The zero-order chi connectivity index (χ0) is 24.4. The Labute approximate surface area is 216 Å². The molecule has 4 aromatic carbocycles. The molecule has 0 bridgehead atoms. The lowest BCUT2D eigenvalue weighted by atomic mass is 9.82. The maximum absolute atomic E-state index is 4.98. The van der Waals surface area contributed by atoms with Crippen LogP contribution in [-0.4, -0.2) is 4.98 Å². The number of benzene rings is 4. The van der Waals surface area contributed by atoms with E-state index in [0.29, 0.717) is 5.92 Å². The first-order valence-electron chi connectivity index (χ1n) is 12.9. The minimum absolute atomic E-state index is 0.0490. The highest BCUT2D eigenvalue weighted by atomic mass is 32.1. The van der Waals surface area contributed by atoms with Crippen LogP contribution in [-0.2, 0) is 11.8 Å². The van der Waals surface area contributed by atoms with E-state index in [1.165, 1.54) is 59.6 Å². The normalized spacial score (nSPS) is 15.7. The van der Waals surface area contributed by atoms with Crippen LogP contribution in [0.4, 0.5) is 0 Å². The van der Waals surface area contributed by atoms with Crippen LogP contribution in [0.1, 0.15) is 55.4 Å². The molecular weight excluding hydrogens is 454 g/mol. The van der Waals surface area contributed by atoms with E-state index < -0.39 is 0 Å². The Balaban J connectivity index is 1.49. The van der Waals surface area contributed by atoms with Gasteiger partial charge in [-0.15, -0.1) is 11.3 Å². The molecule has 1 atom stereocenters. The number of hydrogen-bond donors (Lipinski definition) is 0. The number of nitrogens with zero attached hydrogens (tertiary/aromatic N) is 1. The Bertz CT molecular complexity index is 1770. The Morgan fingerprint density at radius 2 is 1.56 bits per heavy atom. The number of rotatable bonds is 2. The van der Waals surface area contributed by atoms with Crippen LogP contribution in [0, 0.1) is 0 Å². The molecule has 176 valence electrons. The van der Waals surface area contributed by atoms with Crippen molar-refractivity contribution in [1.29, 1.82) is 0 Å². The summed E-state index contributed by atoms with van der Waals surface area (Å²) in [6.07, 6.45) is 4.35. The molecule has 2 heteroatoms. The number of fused-ring (bicyclic) bond motifs is 6. The second-order valence-electron chi connectivity index (χ2n) is 11.2. The van der Waals surface area contributed by atoms with Gasteiger partial charge >= 0.3 is 0 Å². The third-order valence-corrected chi connectivity index (χ3v) is 9.14. The first-order valence-corrected chi connectivity index (χ1v) is 13.7. The molecule has 0 aliphatic heterocycles. The maximum atomic E-state index is 4.98. The summed E-state index contributed by atoms with van der Waals surface area (Å²) >= 11 is 1.94. The van der Waals surface area contributed by atoms with Crippen molar-refractivity contribution in [3.63, 3.8) is 0 Å². The summed E-state index contributed by atoms with van der Waals surface area (Å²) in [6.45, 7) is 6.91. The van der Waals surface area contributed by atoms with E-state index in [9.17, 15) is 0 Å². The molecule has 7 rings (SSSR count). The summed E-state index contributed by atoms with van der Waals surface area (Å²) < 4.78 is 2.75. The van der Waals surface area contributed by atoms with Gasteiger partial charge in [0.1, 0.15) is 0 Å². The van der Waals surface area contributed by atoms with Crippen molar-refractivity contribution >= 4 is 42.3 Å². The Morgan fingerprint density at radius 3 is 2.39 bits per heavy atom. The minimum atomic E-state index is 0.0490. The molecule has 0 saturated heterocycles. The molecule has 0 radical (unpaired) electrons. The van der Waals surface area contributed by atoms with Gasteiger partial charge in [0.05, 0.1) is 10.4 Å². The quantitative estimate of drug-likeness (QED) is 0.239. The number of thiophene rings is 1. The van der Waals surface area contributed by atoms with Gasteiger partial charge in [0.25, 0.3) is 0 Å². The van der Waals surface area contributed by atoms with Crippen molar-refractivity contribution in [1.82, 2.24) is 4.98 Å². The first kappa shape index (κ1) is 21.8. The molecule has 2 aromatic heterocycles. The van der Waals surface area contributed by atoms with Gasteiger partial charge in [-0.2, -0.15) is 0 Å². The van der Waals surface area contributed by atoms with Gasteiger partial charge < -0.3 is 0 Å². The average molecular weight is 484 g/mol. The number of aryl methyl sites for hydroxylation is 1. The fourth-order valence-corrected chi connectivity index (χ4v) is 7.59. The summed E-state index contributed by atoms with van der Waals surface area (Å²) in [6, 6.07) is 31.5. The molecule has 1 aliphatic rings. The van der Waals surface area contributed by atoms with Crippen molar-refractivity contribution < 1.29 is 0 Å². The van der Waals surface area contributed by atoms with E-state index in [4.69, 9.17) is 4.98 Å². The third kappa shape index (κ3) is 3.32. The second kappa shape index (κ2) is 8.01. The van der Waals surface area contributed by atoms with Gasteiger partial charge in [-0.3, -0.25) is 4.98 Å². The molecule has 6 aromatic rings. The van der Waals surface area contributed by atoms with Crippen LogP contribution in [0.3, 0.4) is 0 Å². The topological polar surface area (TPSA) is 12.9 Å². The summed E-state index contributed by atoms with van der Waals surface area (Å²) in [5, 5.41) is 5.31. The highest BCUT2D eigenvalue weighted by Crippen LogP contribution is 2.48. The molecule has 2 heterocycles. The summed E-state index contributed by atoms with van der Waals surface area (Å²) in [7, 11) is 0. The maximum Gasteiger partial charge on any atom is 0.0880 e. The van der Waals surface area contributed by atoms with E-state index in [0.717, 1.165) is 12.1 Å². The lowest BCUT2D eigenvalue weighted by Gasteiger charge is -2.22. The molecule has 0 spiro atoms. The highest BCUT2D eigenvalue weighted by Gasteiger charge is 2.28. The minimum Gasteiger partial charge on any atom is -0.255 e. The SMILES string of the molecule is CC(C)(C)c1cc(-c2nccc3c2sc2c4c(ccc23)CCC4c2ccccc2)cc2ccccc12.